The van der Waals surface area contributed by atoms with E-state index >= 15 is 0 Å². The van der Waals surface area contributed by atoms with Crippen LogP contribution in [0.5, 0.6) is 5.75 Å². The van der Waals surface area contributed by atoms with E-state index in [2.05, 4.69) is 25.1 Å². The summed E-state index contributed by atoms with van der Waals surface area (Å²) in [6.45, 7) is 5.19. The van der Waals surface area contributed by atoms with Crippen LogP contribution in [0.2, 0.25) is 0 Å². The van der Waals surface area contributed by atoms with Gasteiger partial charge in [-0.3, -0.25) is 14.4 Å². The third kappa shape index (κ3) is 9.16. The van der Waals surface area contributed by atoms with Crippen LogP contribution >= 0.6 is 7.82 Å². The molecule has 4 aromatic rings. The van der Waals surface area contributed by atoms with Crippen molar-refractivity contribution in [2.45, 2.75) is 6.54 Å². The molecule has 4 heterocycles. The number of morpholine rings is 1. The highest BCUT2D eigenvalue weighted by molar-refractivity contribution is 7.45. The lowest BCUT2D eigenvalue weighted by Gasteiger charge is -2.26. The summed E-state index contributed by atoms with van der Waals surface area (Å²) >= 11 is 0. The summed E-state index contributed by atoms with van der Waals surface area (Å²) in [5, 5.41) is 8.70. The van der Waals surface area contributed by atoms with Crippen LogP contribution in [-0.2, 0) is 22.9 Å². The summed E-state index contributed by atoms with van der Waals surface area (Å²) in [7, 11) is -2.79. The lowest BCUT2D eigenvalue weighted by molar-refractivity contribution is 0.0322. The molecule has 0 aliphatic carbocycles. The second kappa shape index (κ2) is 13.5. The molecule has 14 nitrogen and oxygen atoms in total. The van der Waals surface area contributed by atoms with Gasteiger partial charge in [0.1, 0.15) is 6.61 Å². The highest BCUT2D eigenvalue weighted by atomic mass is 31.2. The molecule has 15 heteroatoms. The molecule has 0 radical (unpaired) electrons. The number of aromatic nitrogens is 6. The molecule has 1 fully saturated rings. The van der Waals surface area contributed by atoms with E-state index in [1.54, 1.807) is 29.3 Å². The summed E-state index contributed by atoms with van der Waals surface area (Å²) in [6, 6.07) is 11.0. The maximum Gasteiger partial charge on any atom is 0.466 e. The number of hydrogen-bond donors (Lipinski definition) is 3. The maximum atomic E-state index is 12.4. The zero-order chi connectivity index (χ0) is 28.5. The van der Waals surface area contributed by atoms with Crippen molar-refractivity contribution in [3.63, 3.8) is 0 Å². The minimum Gasteiger partial charge on any atom is -0.489 e. The molecule has 5 rings (SSSR count). The molecule has 0 amide bonds. The van der Waals surface area contributed by atoms with Crippen molar-refractivity contribution in [3.8, 4) is 28.4 Å². The van der Waals surface area contributed by atoms with Crippen LogP contribution in [-0.4, -0.2) is 88.6 Å². The van der Waals surface area contributed by atoms with Gasteiger partial charge in [0, 0.05) is 50.1 Å². The molecular formula is C25H30N7O7P. The third-order valence-electron chi connectivity index (χ3n) is 5.79. The molecule has 3 N–H and O–H groups in total. The number of benzene rings is 1. The van der Waals surface area contributed by atoms with Crippen molar-refractivity contribution in [1.82, 2.24) is 34.4 Å². The number of ether oxygens (including phenoxy) is 2. The van der Waals surface area contributed by atoms with Gasteiger partial charge in [-0.05, 0) is 17.7 Å². The lowest BCUT2D eigenvalue weighted by Crippen LogP contribution is -2.38. The fraction of sp³-hybridized carbons (Fsp3) is 0.320. The number of rotatable bonds is 8. The molecular weight excluding hydrogens is 541 g/mol. The summed E-state index contributed by atoms with van der Waals surface area (Å²) in [6.07, 6.45) is 6.98. The van der Waals surface area contributed by atoms with Crippen LogP contribution < -0.4 is 10.3 Å². The first-order valence-electron chi connectivity index (χ1n) is 12.3. The van der Waals surface area contributed by atoms with E-state index in [4.69, 9.17) is 28.7 Å². The van der Waals surface area contributed by atoms with Crippen LogP contribution in [0.15, 0.2) is 66.0 Å². The Balaban J connectivity index is 0.000000681. The Kier molecular flexibility index (Phi) is 9.88. The summed E-state index contributed by atoms with van der Waals surface area (Å²) in [5.41, 5.74) is 3.17. The summed E-state index contributed by atoms with van der Waals surface area (Å²) in [5.74, 6) is 1.23. The van der Waals surface area contributed by atoms with Gasteiger partial charge < -0.3 is 24.2 Å². The van der Waals surface area contributed by atoms with Crippen molar-refractivity contribution in [3.05, 3.63) is 77.1 Å². The van der Waals surface area contributed by atoms with Crippen molar-refractivity contribution in [2.75, 3.05) is 39.5 Å². The first kappa shape index (κ1) is 29.2. The zero-order valence-electron chi connectivity index (χ0n) is 21.8. The molecule has 0 atom stereocenters. The Labute approximate surface area is 229 Å². The second-order valence-electron chi connectivity index (χ2n) is 8.88. The van der Waals surface area contributed by atoms with Crippen molar-refractivity contribution in [2.24, 2.45) is 7.05 Å². The third-order valence-corrected chi connectivity index (χ3v) is 5.79. The Bertz CT molecular complexity index is 1490. The molecule has 1 saturated heterocycles. The van der Waals surface area contributed by atoms with Crippen LogP contribution in [0.4, 0.5) is 0 Å². The molecule has 212 valence electrons. The van der Waals surface area contributed by atoms with Gasteiger partial charge in [0.25, 0.3) is 5.56 Å². The van der Waals surface area contributed by atoms with Crippen LogP contribution in [0.3, 0.4) is 0 Å². The van der Waals surface area contributed by atoms with Gasteiger partial charge in [-0.2, -0.15) is 10.2 Å². The highest BCUT2D eigenvalue weighted by Gasteiger charge is 2.11. The topological polar surface area (TPSA) is 178 Å². The Morgan fingerprint density at radius 3 is 2.42 bits per heavy atom. The minimum atomic E-state index is -4.64. The maximum absolute atomic E-state index is 12.4. The summed E-state index contributed by atoms with van der Waals surface area (Å²) in [4.78, 5) is 45.2. The van der Waals surface area contributed by atoms with E-state index in [9.17, 15) is 4.79 Å². The summed E-state index contributed by atoms with van der Waals surface area (Å²) < 4.78 is 23.2. The van der Waals surface area contributed by atoms with Gasteiger partial charge in [0.15, 0.2) is 11.6 Å². The van der Waals surface area contributed by atoms with E-state index in [-0.39, 0.29) is 5.56 Å². The first-order chi connectivity index (χ1) is 19.1. The van der Waals surface area contributed by atoms with E-state index in [0.29, 0.717) is 30.4 Å². The van der Waals surface area contributed by atoms with E-state index in [1.165, 1.54) is 10.7 Å². The smallest absolute Gasteiger partial charge is 0.466 e. The van der Waals surface area contributed by atoms with Crippen molar-refractivity contribution < 1.29 is 28.7 Å². The average Bonchev–Trinajstić information content (AvgIpc) is 3.36. The molecule has 0 unspecified atom stereocenters. The molecule has 0 saturated carbocycles. The Hall–Kier alpha value is -3.78. The fourth-order valence-corrected chi connectivity index (χ4v) is 3.91. The van der Waals surface area contributed by atoms with Gasteiger partial charge in [-0.1, -0.05) is 18.2 Å². The van der Waals surface area contributed by atoms with Gasteiger partial charge in [0.2, 0.25) is 0 Å². The number of aryl methyl sites for hydroxylation is 1. The monoisotopic (exact) mass is 571 g/mol. The molecule has 1 aliphatic heterocycles. The quantitative estimate of drug-likeness (QED) is 0.255. The molecule has 0 spiro atoms. The van der Waals surface area contributed by atoms with Crippen molar-refractivity contribution >= 4 is 7.82 Å². The number of hydrogen-bond acceptors (Lipinski definition) is 9. The van der Waals surface area contributed by atoms with Gasteiger partial charge in [-0.15, -0.1) is 0 Å². The molecule has 1 aromatic carbocycles. The Morgan fingerprint density at radius 1 is 1.02 bits per heavy atom. The first-order valence-corrected chi connectivity index (χ1v) is 13.9. The largest absolute Gasteiger partial charge is 0.489 e. The average molecular weight is 572 g/mol. The molecule has 1 aliphatic rings. The predicted octanol–water partition coefficient (Wildman–Crippen LogP) is 0.931. The lowest BCUT2D eigenvalue weighted by atomic mass is 10.1. The minimum absolute atomic E-state index is 0.169. The van der Waals surface area contributed by atoms with E-state index in [1.807, 2.05) is 37.5 Å². The van der Waals surface area contributed by atoms with Crippen LogP contribution in [0.25, 0.3) is 22.6 Å². The number of phosphoric acid groups is 1. The van der Waals surface area contributed by atoms with Gasteiger partial charge in [0.05, 0.1) is 44.0 Å². The second-order valence-corrected chi connectivity index (χ2v) is 9.90. The van der Waals surface area contributed by atoms with Gasteiger partial charge >= 0.3 is 7.82 Å². The molecule has 0 bridgehead atoms. The molecule has 3 aromatic heterocycles. The fourth-order valence-electron chi connectivity index (χ4n) is 3.91. The molecule has 40 heavy (non-hydrogen) atoms. The number of nitrogens with zero attached hydrogens (tertiary/aromatic N) is 7. The zero-order valence-corrected chi connectivity index (χ0v) is 22.7. The SMILES string of the molecule is Cn1cc(-c2ccc(=O)n(Cc3cccc(-c4ncc(OCCN5CCOCC5)cn4)c3)n2)cn1.O=P(O)(O)O. The standard InChI is InChI=1S/C25H27N7O3.H3O4P/c1-30-18-21(14-28-30)23-5-6-24(33)32(29-23)17-19-3-2-4-20(13-19)25-26-15-22(16-27-25)35-12-9-31-7-10-34-11-8-31;1-5(2,3)4/h2-6,13-16,18H,7-12,17H2,1H3;(H3,1,2,3,4). The van der Waals surface area contributed by atoms with Crippen LogP contribution in [0.1, 0.15) is 5.56 Å². The van der Waals surface area contributed by atoms with E-state index in [0.717, 1.165) is 49.5 Å². The Morgan fingerprint density at radius 2 is 1.75 bits per heavy atom. The highest BCUT2D eigenvalue weighted by Crippen LogP contribution is 2.25. The van der Waals surface area contributed by atoms with Crippen molar-refractivity contribution in [1.29, 1.82) is 0 Å². The predicted molar refractivity (Wildman–Crippen MR) is 144 cm³/mol. The van der Waals surface area contributed by atoms with Crippen LogP contribution in [0, 0.1) is 0 Å². The van der Waals surface area contributed by atoms with E-state index < -0.39 is 7.82 Å². The van der Waals surface area contributed by atoms with Gasteiger partial charge in [-0.25, -0.2) is 19.2 Å². The normalized spacial score (nSPS) is 13.9.